The monoisotopic (exact) mass is 276 g/mol. The fourth-order valence-electron chi connectivity index (χ4n) is 2.55. The maximum Gasteiger partial charge on any atom is 0.223 e. The maximum absolute atomic E-state index is 4.65. The lowest BCUT2D eigenvalue weighted by atomic mass is 9.93. The Morgan fingerprint density at radius 3 is 2.62 bits per heavy atom. The van der Waals surface area contributed by atoms with Crippen molar-refractivity contribution in [2.75, 3.05) is 5.32 Å². The number of nitrogens with one attached hydrogen (secondary N) is 1. The molecule has 1 fully saturated rings. The molecule has 104 valence electrons. The van der Waals surface area contributed by atoms with Gasteiger partial charge in [-0.25, -0.2) is 9.97 Å². The number of nitrogens with zero attached hydrogens (tertiary/aromatic N) is 3. The van der Waals surface area contributed by atoms with Gasteiger partial charge in [0.25, 0.3) is 0 Å². The molecule has 4 nitrogen and oxygen atoms in total. The molecule has 0 unspecified atom stereocenters. The molecule has 0 saturated heterocycles. The molecular weight excluding hydrogens is 260 g/mol. The summed E-state index contributed by atoms with van der Waals surface area (Å²) in [7, 11) is 0. The van der Waals surface area contributed by atoms with Crippen molar-refractivity contribution in [3.8, 4) is 11.1 Å². The van der Waals surface area contributed by atoms with Gasteiger partial charge in [0, 0.05) is 30.0 Å². The van der Waals surface area contributed by atoms with Crippen LogP contribution in [0.3, 0.4) is 0 Å². The molecule has 0 spiro atoms. The molecule has 4 heteroatoms. The van der Waals surface area contributed by atoms with Crippen molar-refractivity contribution in [2.24, 2.45) is 0 Å². The topological polar surface area (TPSA) is 50.7 Å². The molecule has 2 heterocycles. The summed E-state index contributed by atoms with van der Waals surface area (Å²) < 4.78 is 0. The summed E-state index contributed by atoms with van der Waals surface area (Å²) >= 11 is 0. The Hall–Kier alpha value is -2.49. The minimum absolute atomic E-state index is 0.547. The molecule has 21 heavy (non-hydrogen) atoms. The average Bonchev–Trinajstić information content (AvgIpc) is 2.51. The Morgan fingerprint density at radius 1 is 1.00 bits per heavy atom. The highest BCUT2D eigenvalue weighted by Crippen LogP contribution is 2.25. The van der Waals surface area contributed by atoms with Crippen LogP contribution in [-0.4, -0.2) is 21.0 Å². The van der Waals surface area contributed by atoms with Crippen LogP contribution in [0.15, 0.2) is 48.9 Å². The molecule has 0 amide bonds. The standard InChI is InChI=1S/C17H16N4/c1-2-15(3-1)20-17-19-11-14-5-4-13(10-16(14)21-17)12-6-8-18-9-7-12/h4-11,15H,1-3H2,(H,19,20,21). The lowest BCUT2D eigenvalue weighted by Gasteiger charge is -2.26. The van der Waals surface area contributed by atoms with Gasteiger partial charge in [0.05, 0.1) is 5.52 Å². The van der Waals surface area contributed by atoms with E-state index in [1.165, 1.54) is 19.3 Å². The lowest BCUT2D eigenvalue weighted by Crippen LogP contribution is -2.27. The molecule has 0 radical (unpaired) electrons. The van der Waals surface area contributed by atoms with Gasteiger partial charge in [-0.05, 0) is 48.6 Å². The van der Waals surface area contributed by atoms with E-state index in [-0.39, 0.29) is 0 Å². The van der Waals surface area contributed by atoms with Gasteiger partial charge in [0.1, 0.15) is 0 Å². The number of pyridine rings is 1. The van der Waals surface area contributed by atoms with Crippen molar-refractivity contribution in [1.82, 2.24) is 15.0 Å². The normalized spacial score (nSPS) is 14.9. The minimum atomic E-state index is 0.547. The predicted octanol–water partition coefficient (Wildman–Crippen LogP) is 3.66. The summed E-state index contributed by atoms with van der Waals surface area (Å²) in [5, 5.41) is 4.46. The van der Waals surface area contributed by atoms with Crippen molar-refractivity contribution in [1.29, 1.82) is 0 Å². The Labute approximate surface area is 123 Å². The number of hydrogen-bond acceptors (Lipinski definition) is 4. The van der Waals surface area contributed by atoms with Gasteiger partial charge < -0.3 is 5.32 Å². The molecule has 1 N–H and O–H groups in total. The largest absolute Gasteiger partial charge is 0.351 e. The van der Waals surface area contributed by atoms with Crippen molar-refractivity contribution in [2.45, 2.75) is 25.3 Å². The van der Waals surface area contributed by atoms with Crippen molar-refractivity contribution < 1.29 is 0 Å². The predicted molar refractivity (Wildman–Crippen MR) is 84.0 cm³/mol. The first kappa shape index (κ1) is 12.3. The van der Waals surface area contributed by atoms with Gasteiger partial charge >= 0.3 is 0 Å². The summed E-state index contributed by atoms with van der Waals surface area (Å²) in [6.45, 7) is 0. The van der Waals surface area contributed by atoms with Crippen LogP contribution in [-0.2, 0) is 0 Å². The zero-order valence-corrected chi connectivity index (χ0v) is 11.7. The first-order valence-corrected chi connectivity index (χ1v) is 7.32. The van der Waals surface area contributed by atoms with Crippen LogP contribution < -0.4 is 5.32 Å². The molecule has 1 aliphatic rings. The summed E-state index contributed by atoms with van der Waals surface area (Å²) in [5.74, 6) is 0.735. The van der Waals surface area contributed by atoms with E-state index in [0.29, 0.717) is 6.04 Å². The van der Waals surface area contributed by atoms with Crippen LogP contribution in [0.2, 0.25) is 0 Å². The SMILES string of the molecule is c1cc(-c2ccc3cnc(NC4CCC4)nc3c2)ccn1. The van der Waals surface area contributed by atoms with Gasteiger partial charge in [0.15, 0.2) is 0 Å². The third kappa shape index (κ3) is 2.44. The van der Waals surface area contributed by atoms with Gasteiger partial charge in [-0.2, -0.15) is 0 Å². The molecule has 1 aliphatic carbocycles. The number of fused-ring (bicyclic) bond motifs is 1. The summed E-state index contributed by atoms with van der Waals surface area (Å²) in [4.78, 5) is 13.1. The number of anilines is 1. The third-order valence-electron chi connectivity index (χ3n) is 4.03. The number of rotatable bonds is 3. The fourth-order valence-corrected chi connectivity index (χ4v) is 2.55. The summed E-state index contributed by atoms with van der Waals surface area (Å²) in [6.07, 6.45) is 9.25. The first-order chi connectivity index (χ1) is 10.4. The number of hydrogen-bond donors (Lipinski definition) is 1. The molecular formula is C17H16N4. The molecule has 0 aliphatic heterocycles. The molecule has 3 aromatic rings. The van der Waals surface area contributed by atoms with Gasteiger partial charge in [-0.1, -0.05) is 12.1 Å². The third-order valence-corrected chi connectivity index (χ3v) is 4.03. The van der Waals surface area contributed by atoms with Gasteiger partial charge in [0.2, 0.25) is 5.95 Å². The van der Waals surface area contributed by atoms with E-state index in [1.807, 2.05) is 30.7 Å². The maximum atomic E-state index is 4.65. The van der Waals surface area contributed by atoms with E-state index in [1.54, 1.807) is 0 Å². The van der Waals surface area contributed by atoms with Crippen LogP contribution >= 0.6 is 0 Å². The molecule has 1 saturated carbocycles. The first-order valence-electron chi connectivity index (χ1n) is 7.32. The Kier molecular flexibility index (Phi) is 2.99. The Bertz CT molecular complexity index is 766. The lowest BCUT2D eigenvalue weighted by molar-refractivity contribution is 0.443. The van der Waals surface area contributed by atoms with E-state index >= 15 is 0 Å². The van der Waals surface area contributed by atoms with Crippen molar-refractivity contribution in [3.63, 3.8) is 0 Å². The van der Waals surface area contributed by atoms with E-state index in [2.05, 4.69) is 38.5 Å². The van der Waals surface area contributed by atoms with Gasteiger partial charge in [-0.15, -0.1) is 0 Å². The van der Waals surface area contributed by atoms with Crippen molar-refractivity contribution >= 4 is 16.9 Å². The number of benzene rings is 1. The minimum Gasteiger partial charge on any atom is -0.351 e. The number of aromatic nitrogens is 3. The molecule has 1 aromatic carbocycles. The van der Waals surface area contributed by atoms with Crippen LogP contribution in [0.5, 0.6) is 0 Å². The Balaban J connectivity index is 1.71. The van der Waals surface area contributed by atoms with E-state index in [9.17, 15) is 0 Å². The van der Waals surface area contributed by atoms with E-state index in [0.717, 1.165) is 28.0 Å². The average molecular weight is 276 g/mol. The second-order valence-electron chi connectivity index (χ2n) is 5.48. The van der Waals surface area contributed by atoms with E-state index < -0.39 is 0 Å². The summed E-state index contributed by atoms with van der Waals surface area (Å²) in [5.41, 5.74) is 3.28. The van der Waals surface area contributed by atoms with Gasteiger partial charge in [-0.3, -0.25) is 4.98 Å². The smallest absolute Gasteiger partial charge is 0.223 e. The molecule has 0 bridgehead atoms. The quantitative estimate of drug-likeness (QED) is 0.793. The van der Waals surface area contributed by atoms with Crippen LogP contribution in [0.25, 0.3) is 22.0 Å². The highest BCUT2D eigenvalue weighted by molar-refractivity contribution is 5.84. The molecule has 2 aromatic heterocycles. The van der Waals surface area contributed by atoms with Crippen molar-refractivity contribution in [3.05, 3.63) is 48.9 Å². The molecule has 4 rings (SSSR count). The second kappa shape index (κ2) is 5.13. The Morgan fingerprint density at radius 2 is 1.86 bits per heavy atom. The van der Waals surface area contributed by atoms with Crippen LogP contribution in [0.1, 0.15) is 19.3 Å². The zero-order chi connectivity index (χ0) is 14.1. The fraction of sp³-hybridized carbons (Fsp3) is 0.235. The van der Waals surface area contributed by atoms with Crippen LogP contribution in [0.4, 0.5) is 5.95 Å². The zero-order valence-electron chi connectivity index (χ0n) is 11.7. The second-order valence-corrected chi connectivity index (χ2v) is 5.48. The van der Waals surface area contributed by atoms with E-state index in [4.69, 9.17) is 0 Å². The highest BCUT2D eigenvalue weighted by atomic mass is 15.1. The summed E-state index contributed by atoms with van der Waals surface area (Å²) in [6, 6.07) is 10.8. The highest BCUT2D eigenvalue weighted by Gasteiger charge is 2.17. The molecule has 0 atom stereocenters. The van der Waals surface area contributed by atoms with Crippen LogP contribution in [0, 0.1) is 0 Å².